The second-order valence-corrected chi connectivity index (χ2v) is 6.32. The molecular formula is C16H11Cl3N2O5. The second-order valence-electron chi connectivity index (χ2n) is 5.10. The standard InChI is InChI=1S/C16H11Cl3N2O5/c1-8-2-4-11(18)15(14(8)19)20-13(22)7-26-16(23)10-6-9(17)3-5-12(10)21(24)25/h2-6H,7H2,1H3,(H,20,22). The Balaban J connectivity index is 2.09. The Bertz CT molecular complexity index is 902. The van der Waals surface area contributed by atoms with Gasteiger partial charge in [0.1, 0.15) is 5.56 Å². The number of ether oxygens (including phenoxy) is 1. The van der Waals surface area contributed by atoms with Crippen LogP contribution in [-0.4, -0.2) is 23.4 Å². The van der Waals surface area contributed by atoms with Crippen LogP contribution in [0.25, 0.3) is 0 Å². The van der Waals surface area contributed by atoms with Crippen molar-refractivity contribution < 1.29 is 19.2 Å². The van der Waals surface area contributed by atoms with E-state index >= 15 is 0 Å². The molecular weight excluding hydrogens is 407 g/mol. The number of halogens is 3. The van der Waals surface area contributed by atoms with Gasteiger partial charge in [-0.05, 0) is 30.7 Å². The largest absolute Gasteiger partial charge is 0.452 e. The third-order valence-corrected chi connectivity index (χ3v) is 4.30. The number of nitrogens with zero attached hydrogens (tertiary/aromatic N) is 1. The summed E-state index contributed by atoms with van der Waals surface area (Å²) in [7, 11) is 0. The predicted octanol–water partition coefficient (Wildman–Crippen LogP) is 4.66. The molecule has 136 valence electrons. The smallest absolute Gasteiger partial charge is 0.345 e. The molecule has 0 fully saturated rings. The highest BCUT2D eigenvalue weighted by Crippen LogP contribution is 2.32. The van der Waals surface area contributed by atoms with Crippen molar-refractivity contribution in [2.24, 2.45) is 0 Å². The fourth-order valence-electron chi connectivity index (χ4n) is 1.99. The van der Waals surface area contributed by atoms with E-state index in [1.54, 1.807) is 19.1 Å². The first kappa shape index (κ1) is 20.0. The summed E-state index contributed by atoms with van der Waals surface area (Å²) in [6.45, 7) is 1.04. The van der Waals surface area contributed by atoms with Crippen molar-refractivity contribution in [3.05, 3.63) is 66.6 Å². The van der Waals surface area contributed by atoms with Crippen molar-refractivity contribution in [3.8, 4) is 0 Å². The molecule has 0 saturated carbocycles. The van der Waals surface area contributed by atoms with Crippen molar-refractivity contribution in [3.63, 3.8) is 0 Å². The number of rotatable bonds is 5. The summed E-state index contributed by atoms with van der Waals surface area (Å²) in [6.07, 6.45) is 0. The van der Waals surface area contributed by atoms with Crippen LogP contribution in [-0.2, 0) is 9.53 Å². The van der Waals surface area contributed by atoms with E-state index in [0.29, 0.717) is 5.56 Å². The Morgan fingerprint density at radius 1 is 1.19 bits per heavy atom. The number of anilines is 1. The minimum absolute atomic E-state index is 0.116. The Morgan fingerprint density at radius 2 is 1.88 bits per heavy atom. The van der Waals surface area contributed by atoms with Gasteiger partial charge >= 0.3 is 5.97 Å². The number of esters is 1. The molecule has 0 aliphatic carbocycles. The maximum atomic E-state index is 12.0. The molecule has 0 atom stereocenters. The number of nitro benzene ring substituents is 1. The lowest BCUT2D eigenvalue weighted by atomic mass is 10.2. The van der Waals surface area contributed by atoms with Gasteiger partial charge in [0, 0.05) is 11.1 Å². The Morgan fingerprint density at radius 3 is 2.54 bits per heavy atom. The lowest BCUT2D eigenvalue weighted by Crippen LogP contribution is -2.21. The van der Waals surface area contributed by atoms with Gasteiger partial charge in [-0.25, -0.2) is 4.79 Å². The number of carbonyl (C=O) groups excluding carboxylic acids is 2. The van der Waals surface area contributed by atoms with Crippen LogP contribution in [0.3, 0.4) is 0 Å². The van der Waals surface area contributed by atoms with Crippen LogP contribution in [0.5, 0.6) is 0 Å². The predicted molar refractivity (Wildman–Crippen MR) is 98.2 cm³/mol. The van der Waals surface area contributed by atoms with Crippen LogP contribution in [0.2, 0.25) is 15.1 Å². The monoisotopic (exact) mass is 416 g/mol. The van der Waals surface area contributed by atoms with Crippen LogP contribution in [0.1, 0.15) is 15.9 Å². The summed E-state index contributed by atoms with van der Waals surface area (Å²) in [5.74, 6) is -1.77. The summed E-state index contributed by atoms with van der Waals surface area (Å²) in [6, 6.07) is 6.67. The fraction of sp³-hybridized carbons (Fsp3) is 0.125. The van der Waals surface area contributed by atoms with E-state index in [2.05, 4.69) is 5.32 Å². The average Bonchev–Trinajstić information content (AvgIpc) is 2.59. The highest BCUT2D eigenvalue weighted by molar-refractivity contribution is 6.40. The first-order valence-electron chi connectivity index (χ1n) is 7.06. The zero-order valence-electron chi connectivity index (χ0n) is 13.2. The number of carbonyl (C=O) groups is 2. The topological polar surface area (TPSA) is 98.5 Å². The molecule has 1 amide bonds. The molecule has 0 unspecified atom stereocenters. The molecule has 2 aromatic rings. The fourth-order valence-corrected chi connectivity index (χ4v) is 2.62. The van der Waals surface area contributed by atoms with Gasteiger partial charge in [-0.1, -0.05) is 40.9 Å². The van der Waals surface area contributed by atoms with Gasteiger partial charge < -0.3 is 10.1 Å². The Labute approximate surface area is 162 Å². The molecule has 10 heteroatoms. The average molecular weight is 418 g/mol. The lowest BCUT2D eigenvalue weighted by Gasteiger charge is -2.11. The number of amides is 1. The second kappa shape index (κ2) is 8.35. The highest BCUT2D eigenvalue weighted by Gasteiger charge is 2.23. The number of benzene rings is 2. The van der Waals surface area contributed by atoms with E-state index in [4.69, 9.17) is 39.5 Å². The first-order chi connectivity index (χ1) is 12.2. The number of aryl methyl sites for hydroxylation is 1. The minimum atomic E-state index is -1.06. The van der Waals surface area contributed by atoms with E-state index in [0.717, 1.165) is 12.1 Å². The van der Waals surface area contributed by atoms with Gasteiger partial charge in [0.25, 0.3) is 11.6 Å². The molecule has 2 rings (SSSR count). The van der Waals surface area contributed by atoms with Crippen molar-refractivity contribution in [2.45, 2.75) is 6.92 Å². The van der Waals surface area contributed by atoms with Crippen molar-refractivity contribution in [2.75, 3.05) is 11.9 Å². The quantitative estimate of drug-likeness (QED) is 0.433. The van der Waals surface area contributed by atoms with Crippen LogP contribution < -0.4 is 5.32 Å². The molecule has 2 aromatic carbocycles. The highest BCUT2D eigenvalue weighted by atomic mass is 35.5. The molecule has 26 heavy (non-hydrogen) atoms. The van der Waals surface area contributed by atoms with E-state index in [9.17, 15) is 19.7 Å². The summed E-state index contributed by atoms with van der Waals surface area (Å²) in [5, 5.41) is 14.0. The van der Waals surface area contributed by atoms with Crippen molar-refractivity contribution >= 4 is 58.1 Å². The number of nitrogens with one attached hydrogen (secondary N) is 1. The number of hydrogen-bond donors (Lipinski definition) is 1. The maximum absolute atomic E-state index is 12.0. The van der Waals surface area contributed by atoms with Gasteiger partial charge in [-0.15, -0.1) is 0 Å². The zero-order valence-corrected chi connectivity index (χ0v) is 15.5. The maximum Gasteiger partial charge on any atom is 0.345 e. The van der Waals surface area contributed by atoms with Gasteiger partial charge in [0.05, 0.1) is 20.7 Å². The Hall–Kier alpha value is -2.35. The van der Waals surface area contributed by atoms with Crippen LogP contribution in [0, 0.1) is 17.0 Å². The molecule has 7 nitrogen and oxygen atoms in total. The molecule has 0 heterocycles. The van der Waals surface area contributed by atoms with Gasteiger partial charge in [-0.3, -0.25) is 14.9 Å². The van der Waals surface area contributed by atoms with Crippen LogP contribution in [0.4, 0.5) is 11.4 Å². The van der Waals surface area contributed by atoms with Crippen LogP contribution >= 0.6 is 34.8 Å². The Kier molecular flexibility index (Phi) is 6.42. The van der Waals surface area contributed by atoms with Gasteiger partial charge in [0.15, 0.2) is 6.61 Å². The number of nitro groups is 1. The third kappa shape index (κ3) is 4.63. The number of hydrogen-bond acceptors (Lipinski definition) is 5. The lowest BCUT2D eigenvalue weighted by molar-refractivity contribution is -0.385. The molecule has 0 saturated heterocycles. The van der Waals surface area contributed by atoms with E-state index in [1.165, 1.54) is 6.07 Å². The molecule has 0 aliphatic rings. The normalized spacial score (nSPS) is 10.3. The van der Waals surface area contributed by atoms with Gasteiger partial charge in [0.2, 0.25) is 0 Å². The summed E-state index contributed by atoms with van der Waals surface area (Å²) >= 11 is 17.8. The summed E-state index contributed by atoms with van der Waals surface area (Å²) < 4.78 is 4.82. The SMILES string of the molecule is Cc1ccc(Cl)c(NC(=O)COC(=O)c2cc(Cl)ccc2[N+](=O)[O-])c1Cl. The third-order valence-electron chi connectivity index (χ3n) is 3.26. The molecule has 0 radical (unpaired) electrons. The minimum Gasteiger partial charge on any atom is -0.452 e. The zero-order chi connectivity index (χ0) is 19.4. The first-order valence-corrected chi connectivity index (χ1v) is 8.19. The van der Waals surface area contributed by atoms with E-state index in [1.807, 2.05) is 0 Å². The molecule has 0 spiro atoms. The van der Waals surface area contributed by atoms with Crippen LogP contribution in [0.15, 0.2) is 30.3 Å². The van der Waals surface area contributed by atoms with Crippen molar-refractivity contribution in [1.29, 1.82) is 0 Å². The summed E-state index contributed by atoms with van der Waals surface area (Å²) in [5.41, 5.74) is 0.0348. The summed E-state index contributed by atoms with van der Waals surface area (Å²) in [4.78, 5) is 34.3. The van der Waals surface area contributed by atoms with E-state index in [-0.39, 0.29) is 26.3 Å². The molecule has 0 aromatic heterocycles. The molecule has 1 N–H and O–H groups in total. The molecule has 0 bridgehead atoms. The van der Waals surface area contributed by atoms with Crippen molar-refractivity contribution in [1.82, 2.24) is 0 Å². The molecule has 0 aliphatic heterocycles. The van der Waals surface area contributed by atoms with Gasteiger partial charge in [-0.2, -0.15) is 0 Å². The van der Waals surface area contributed by atoms with E-state index < -0.39 is 29.1 Å².